The lowest BCUT2D eigenvalue weighted by Gasteiger charge is -2.25. The molecule has 0 aromatic rings. The Morgan fingerprint density at radius 1 is 1.60 bits per heavy atom. The first-order chi connectivity index (χ1) is 7.11. The van der Waals surface area contributed by atoms with Gasteiger partial charge in [0.15, 0.2) is 5.78 Å². The summed E-state index contributed by atoms with van der Waals surface area (Å²) >= 11 is 0. The van der Waals surface area contributed by atoms with Crippen LogP contribution >= 0.6 is 0 Å². The Morgan fingerprint density at radius 3 is 2.93 bits per heavy atom. The van der Waals surface area contributed by atoms with Crippen LogP contribution in [0, 0.1) is 5.92 Å². The standard InChI is InChI=1S/C11H18N2O2/c1-9(2)10(14)4-3-6-13-7-5-12-8-11(13)15/h3-4,9,12H,5-8H2,1-2H3/b4-3+. The van der Waals surface area contributed by atoms with Crippen LogP contribution in [-0.4, -0.2) is 42.8 Å². The van der Waals surface area contributed by atoms with Gasteiger partial charge in [-0.1, -0.05) is 19.9 Å². The number of piperazine rings is 1. The zero-order valence-electron chi connectivity index (χ0n) is 9.32. The second-order valence-corrected chi connectivity index (χ2v) is 3.98. The highest BCUT2D eigenvalue weighted by Gasteiger charge is 2.15. The molecule has 84 valence electrons. The number of ketones is 1. The van der Waals surface area contributed by atoms with Crippen molar-refractivity contribution < 1.29 is 9.59 Å². The van der Waals surface area contributed by atoms with Crippen molar-refractivity contribution in [3.63, 3.8) is 0 Å². The van der Waals surface area contributed by atoms with Gasteiger partial charge < -0.3 is 10.2 Å². The fourth-order valence-electron chi connectivity index (χ4n) is 1.33. The molecular weight excluding hydrogens is 192 g/mol. The van der Waals surface area contributed by atoms with Crippen LogP contribution in [0.4, 0.5) is 0 Å². The molecular formula is C11H18N2O2. The van der Waals surface area contributed by atoms with Crippen LogP contribution in [0.3, 0.4) is 0 Å². The molecule has 0 saturated carbocycles. The molecule has 0 aromatic heterocycles. The molecule has 1 aliphatic rings. The van der Waals surface area contributed by atoms with E-state index >= 15 is 0 Å². The van der Waals surface area contributed by atoms with E-state index in [1.165, 1.54) is 0 Å². The van der Waals surface area contributed by atoms with Gasteiger partial charge in [-0.2, -0.15) is 0 Å². The lowest BCUT2D eigenvalue weighted by molar-refractivity contribution is -0.131. The molecule has 1 N–H and O–H groups in total. The van der Waals surface area contributed by atoms with Gasteiger partial charge in [-0.25, -0.2) is 0 Å². The molecule has 0 bridgehead atoms. The average Bonchev–Trinajstić information content (AvgIpc) is 2.20. The van der Waals surface area contributed by atoms with Crippen LogP contribution in [-0.2, 0) is 9.59 Å². The Morgan fingerprint density at radius 2 is 2.33 bits per heavy atom. The molecule has 0 radical (unpaired) electrons. The van der Waals surface area contributed by atoms with E-state index in [1.807, 2.05) is 13.8 Å². The highest BCUT2D eigenvalue weighted by atomic mass is 16.2. The molecule has 4 nitrogen and oxygen atoms in total. The smallest absolute Gasteiger partial charge is 0.236 e. The summed E-state index contributed by atoms with van der Waals surface area (Å²) < 4.78 is 0. The zero-order valence-corrected chi connectivity index (χ0v) is 9.32. The van der Waals surface area contributed by atoms with Gasteiger partial charge in [-0.3, -0.25) is 9.59 Å². The topological polar surface area (TPSA) is 49.4 Å². The summed E-state index contributed by atoms with van der Waals surface area (Å²) in [5.41, 5.74) is 0. The molecule has 1 rings (SSSR count). The number of hydrogen-bond donors (Lipinski definition) is 1. The number of nitrogens with one attached hydrogen (secondary N) is 1. The van der Waals surface area contributed by atoms with E-state index in [1.54, 1.807) is 17.1 Å². The fourth-order valence-corrected chi connectivity index (χ4v) is 1.33. The first-order valence-corrected chi connectivity index (χ1v) is 5.30. The normalized spacial score (nSPS) is 17.8. The van der Waals surface area contributed by atoms with Crippen LogP contribution in [0.25, 0.3) is 0 Å². The van der Waals surface area contributed by atoms with Crippen molar-refractivity contribution in [2.24, 2.45) is 5.92 Å². The SMILES string of the molecule is CC(C)C(=O)/C=C/CN1CCNCC1=O. The molecule has 0 aliphatic carbocycles. The maximum atomic E-state index is 11.3. The Bertz CT molecular complexity index is 272. The van der Waals surface area contributed by atoms with Crippen molar-refractivity contribution in [2.45, 2.75) is 13.8 Å². The van der Waals surface area contributed by atoms with Crippen LogP contribution in [0.5, 0.6) is 0 Å². The first-order valence-electron chi connectivity index (χ1n) is 5.30. The van der Waals surface area contributed by atoms with E-state index in [0.717, 1.165) is 13.1 Å². The number of hydrogen-bond acceptors (Lipinski definition) is 3. The Balaban J connectivity index is 2.35. The van der Waals surface area contributed by atoms with Crippen molar-refractivity contribution >= 4 is 11.7 Å². The van der Waals surface area contributed by atoms with Crippen LogP contribution in [0.15, 0.2) is 12.2 Å². The third kappa shape index (κ3) is 3.83. The van der Waals surface area contributed by atoms with Gasteiger partial charge >= 0.3 is 0 Å². The van der Waals surface area contributed by atoms with Gasteiger partial charge in [-0.15, -0.1) is 0 Å². The second-order valence-electron chi connectivity index (χ2n) is 3.98. The molecule has 1 fully saturated rings. The summed E-state index contributed by atoms with van der Waals surface area (Å²) in [5.74, 6) is 0.237. The fraction of sp³-hybridized carbons (Fsp3) is 0.636. The number of amides is 1. The summed E-state index contributed by atoms with van der Waals surface area (Å²) in [7, 11) is 0. The highest BCUT2D eigenvalue weighted by molar-refractivity contribution is 5.91. The van der Waals surface area contributed by atoms with Crippen LogP contribution in [0.2, 0.25) is 0 Å². The van der Waals surface area contributed by atoms with E-state index in [-0.39, 0.29) is 17.6 Å². The Labute approximate surface area is 90.3 Å². The summed E-state index contributed by atoms with van der Waals surface area (Å²) in [5, 5.41) is 3.00. The molecule has 1 amide bonds. The van der Waals surface area contributed by atoms with Crippen LogP contribution < -0.4 is 5.32 Å². The van der Waals surface area contributed by atoms with Crippen molar-refractivity contribution in [3.8, 4) is 0 Å². The number of rotatable bonds is 4. The Hall–Kier alpha value is -1.16. The first kappa shape index (κ1) is 11.9. The summed E-state index contributed by atoms with van der Waals surface area (Å²) in [4.78, 5) is 24.4. The van der Waals surface area contributed by atoms with Gasteiger partial charge in [0.25, 0.3) is 0 Å². The second kappa shape index (κ2) is 5.66. The molecule has 0 atom stereocenters. The molecule has 15 heavy (non-hydrogen) atoms. The monoisotopic (exact) mass is 210 g/mol. The van der Waals surface area contributed by atoms with E-state index in [9.17, 15) is 9.59 Å². The van der Waals surface area contributed by atoms with Gasteiger partial charge in [-0.05, 0) is 6.08 Å². The third-order valence-electron chi connectivity index (χ3n) is 2.36. The minimum atomic E-state index is 0.0278. The van der Waals surface area contributed by atoms with E-state index < -0.39 is 0 Å². The molecule has 4 heteroatoms. The maximum Gasteiger partial charge on any atom is 0.236 e. The largest absolute Gasteiger partial charge is 0.337 e. The van der Waals surface area contributed by atoms with Crippen molar-refractivity contribution in [3.05, 3.63) is 12.2 Å². The third-order valence-corrected chi connectivity index (χ3v) is 2.36. The lowest BCUT2D eigenvalue weighted by atomic mass is 10.1. The van der Waals surface area contributed by atoms with Crippen molar-refractivity contribution in [2.75, 3.05) is 26.2 Å². The van der Waals surface area contributed by atoms with Crippen molar-refractivity contribution in [1.29, 1.82) is 0 Å². The zero-order chi connectivity index (χ0) is 11.3. The van der Waals surface area contributed by atoms with E-state index in [4.69, 9.17) is 0 Å². The number of carbonyl (C=O) groups excluding carboxylic acids is 2. The van der Waals surface area contributed by atoms with Gasteiger partial charge in [0.2, 0.25) is 5.91 Å². The average molecular weight is 210 g/mol. The predicted molar refractivity (Wildman–Crippen MR) is 58.4 cm³/mol. The molecule has 0 unspecified atom stereocenters. The summed E-state index contributed by atoms with van der Waals surface area (Å²) in [6.45, 7) is 6.23. The molecule has 1 heterocycles. The predicted octanol–water partition coefficient (Wildman–Crippen LogP) is 0.199. The Kier molecular flexibility index (Phi) is 4.49. The molecule has 0 aromatic carbocycles. The van der Waals surface area contributed by atoms with Crippen molar-refractivity contribution in [1.82, 2.24) is 10.2 Å². The van der Waals surface area contributed by atoms with Gasteiger partial charge in [0, 0.05) is 25.6 Å². The summed E-state index contributed by atoms with van der Waals surface area (Å²) in [6, 6.07) is 0. The van der Waals surface area contributed by atoms with Crippen LogP contribution in [0.1, 0.15) is 13.8 Å². The molecule has 0 spiro atoms. The number of allylic oxidation sites excluding steroid dienone is 1. The quantitative estimate of drug-likeness (QED) is 0.674. The molecule has 1 saturated heterocycles. The summed E-state index contributed by atoms with van der Waals surface area (Å²) in [6.07, 6.45) is 3.34. The maximum absolute atomic E-state index is 11.3. The van der Waals surface area contributed by atoms with E-state index in [2.05, 4.69) is 5.32 Å². The number of carbonyl (C=O) groups is 2. The minimum absolute atomic E-state index is 0.0278. The number of nitrogens with zero attached hydrogens (tertiary/aromatic N) is 1. The van der Waals surface area contributed by atoms with Gasteiger partial charge in [0.1, 0.15) is 0 Å². The molecule has 1 aliphatic heterocycles. The van der Waals surface area contributed by atoms with E-state index in [0.29, 0.717) is 13.1 Å². The lowest BCUT2D eigenvalue weighted by Crippen LogP contribution is -2.47. The highest BCUT2D eigenvalue weighted by Crippen LogP contribution is 1.98. The van der Waals surface area contributed by atoms with Gasteiger partial charge in [0.05, 0.1) is 6.54 Å². The minimum Gasteiger partial charge on any atom is -0.337 e.